The quantitative estimate of drug-likeness (QED) is 0.399. The smallest absolute Gasteiger partial charge is 0.322 e. The number of piperidine rings is 1. The molecule has 2 aromatic heterocycles. The fourth-order valence-corrected chi connectivity index (χ4v) is 5.65. The minimum atomic E-state index is -1.47. The van der Waals surface area contributed by atoms with Gasteiger partial charge in [0.25, 0.3) is 11.8 Å². The summed E-state index contributed by atoms with van der Waals surface area (Å²) in [6, 6.07) is 12.5. The normalized spacial score (nSPS) is 20.9. The van der Waals surface area contributed by atoms with Gasteiger partial charge in [-0.15, -0.1) is 0 Å². The molecule has 0 bridgehead atoms. The molecular formula is C28H29N7O4. The van der Waals surface area contributed by atoms with Crippen molar-refractivity contribution in [2.75, 3.05) is 31.6 Å². The summed E-state index contributed by atoms with van der Waals surface area (Å²) in [5.41, 5.74) is 1.31. The zero-order valence-corrected chi connectivity index (χ0v) is 21.5. The van der Waals surface area contributed by atoms with Crippen molar-refractivity contribution in [2.24, 2.45) is 0 Å². The minimum absolute atomic E-state index is 0.0396. The predicted molar refractivity (Wildman–Crippen MR) is 143 cm³/mol. The number of hydrogen-bond donors (Lipinski definition) is 3. The first kappa shape index (κ1) is 24.8. The maximum Gasteiger partial charge on any atom is 0.322 e. The molecular weight excluding hydrogens is 498 g/mol. The summed E-state index contributed by atoms with van der Waals surface area (Å²) >= 11 is 0. The van der Waals surface area contributed by atoms with Crippen LogP contribution >= 0.6 is 0 Å². The summed E-state index contributed by atoms with van der Waals surface area (Å²) in [4.78, 5) is 51.7. The zero-order valence-electron chi connectivity index (χ0n) is 21.5. The molecule has 0 aliphatic carbocycles. The second-order valence-corrected chi connectivity index (χ2v) is 9.97. The van der Waals surface area contributed by atoms with E-state index in [1.807, 2.05) is 30.5 Å². The van der Waals surface area contributed by atoms with Gasteiger partial charge in [-0.2, -0.15) is 0 Å². The second kappa shape index (κ2) is 9.99. The van der Waals surface area contributed by atoms with Gasteiger partial charge >= 0.3 is 6.03 Å². The third kappa shape index (κ3) is 4.44. The lowest BCUT2D eigenvalue weighted by atomic mass is 9.90. The van der Waals surface area contributed by atoms with Crippen LogP contribution in [0.3, 0.4) is 0 Å². The van der Waals surface area contributed by atoms with Gasteiger partial charge in [0, 0.05) is 36.1 Å². The molecule has 1 aromatic carbocycles. The SMILES string of the molecule is COc1ccc2c(c1)C(=O)N(C[C@@]1(c3ccc(N(c4cccnc4)C4CCNCC4)nc3)NC(=O)NC1=O)C2. The fraction of sp³-hybridized carbons (Fsp3) is 0.321. The Kier molecular flexibility index (Phi) is 6.35. The van der Waals surface area contributed by atoms with Crippen molar-refractivity contribution in [3.8, 4) is 5.75 Å². The number of nitrogens with zero attached hydrogens (tertiary/aromatic N) is 4. The highest BCUT2D eigenvalue weighted by Crippen LogP contribution is 2.34. The molecule has 2 fully saturated rings. The van der Waals surface area contributed by atoms with E-state index in [9.17, 15) is 14.4 Å². The van der Waals surface area contributed by atoms with E-state index in [0.29, 0.717) is 23.4 Å². The van der Waals surface area contributed by atoms with Crippen molar-refractivity contribution in [1.82, 2.24) is 30.8 Å². The maximum atomic E-state index is 13.3. The number of ether oxygens (including phenoxy) is 1. The molecule has 11 nitrogen and oxygen atoms in total. The lowest BCUT2D eigenvalue weighted by Gasteiger charge is -2.36. The Bertz CT molecular complexity index is 1410. The average Bonchev–Trinajstić information content (AvgIpc) is 3.44. The van der Waals surface area contributed by atoms with Crippen LogP contribution in [0.5, 0.6) is 5.75 Å². The van der Waals surface area contributed by atoms with Gasteiger partial charge in [-0.05, 0) is 61.8 Å². The highest BCUT2D eigenvalue weighted by molar-refractivity contribution is 6.08. The molecule has 3 aliphatic heterocycles. The molecule has 3 N–H and O–H groups in total. The predicted octanol–water partition coefficient (Wildman–Crippen LogP) is 2.07. The number of amides is 4. The zero-order chi connectivity index (χ0) is 27.0. The molecule has 6 rings (SSSR count). The van der Waals surface area contributed by atoms with Crippen molar-refractivity contribution < 1.29 is 19.1 Å². The van der Waals surface area contributed by atoms with Gasteiger partial charge in [-0.1, -0.05) is 12.1 Å². The molecule has 0 unspecified atom stereocenters. The molecule has 2 saturated heterocycles. The van der Waals surface area contributed by atoms with E-state index in [-0.39, 0.29) is 18.5 Å². The summed E-state index contributed by atoms with van der Waals surface area (Å²) in [5.74, 6) is 0.550. The summed E-state index contributed by atoms with van der Waals surface area (Å²) in [7, 11) is 1.55. The van der Waals surface area contributed by atoms with E-state index in [0.717, 1.165) is 43.0 Å². The van der Waals surface area contributed by atoms with Gasteiger partial charge in [0.05, 0.1) is 25.5 Å². The summed E-state index contributed by atoms with van der Waals surface area (Å²) in [6.45, 7) is 2.10. The molecule has 5 heterocycles. The largest absolute Gasteiger partial charge is 0.497 e. The molecule has 0 saturated carbocycles. The maximum absolute atomic E-state index is 13.3. The van der Waals surface area contributed by atoms with Crippen LogP contribution in [0.4, 0.5) is 16.3 Å². The van der Waals surface area contributed by atoms with Gasteiger partial charge in [-0.3, -0.25) is 19.9 Å². The number of rotatable bonds is 7. The number of nitrogens with one attached hydrogen (secondary N) is 3. The molecule has 3 aliphatic rings. The molecule has 39 heavy (non-hydrogen) atoms. The number of fused-ring (bicyclic) bond motifs is 1. The first-order valence-electron chi connectivity index (χ1n) is 12.9. The summed E-state index contributed by atoms with van der Waals surface area (Å²) < 4.78 is 5.27. The number of urea groups is 1. The van der Waals surface area contributed by atoms with Gasteiger partial charge < -0.3 is 25.2 Å². The first-order valence-corrected chi connectivity index (χ1v) is 12.9. The topological polar surface area (TPSA) is 129 Å². The first-order chi connectivity index (χ1) is 19.0. The average molecular weight is 528 g/mol. The van der Waals surface area contributed by atoms with E-state index in [1.54, 1.807) is 42.6 Å². The lowest BCUT2D eigenvalue weighted by molar-refractivity contribution is -0.124. The lowest BCUT2D eigenvalue weighted by Crippen LogP contribution is -2.52. The summed E-state index contributed by atoms with van der Waals surface area (Å²) in [5, 5.41) is 8.53. The molecule has 4 amide bonds. The number of aromatic nitrogens is 2. The van der Waals surface area contributed by atoms with Crippen molar-refractivity contribution in [3.05, 3.63) is 77.7 Å². The number of anilines is 2. The monoisotopic (exact) mass is 527 g/mol. The molecule has 0 spiro atoms. The number of methoxy groups -OCH3 is 1. The van der Waals surface area contributed by atoms with Gasteiger partial charge in [0.2, 0.25) is 0 Å². The van der Waals surface area contributed by atoms with Crippen LogP contribution in [0, 0.1) is 0 Å². The Morgan fingerprint density at radius 2 is 1.95 bits per heavy atom. The number of benzene rings is 1. The second-order valence-electron chi connectivity index (χ2n) is 9.97. The number of carbonyl (C=O) groups excluding carboxylic acids is 3. The van der Waals surface area contributed by atoms with E-state index >= 15 is 0 Å². The van der Waals surface area contributed by atoms with Crippen molar-refractivity contribution in [1.29, 1.82) is 0 Å². The number of imide groups is 1. The van der Waals surface area contributed by atoms with E-state index < -0.39 is 17.5 Å². The third-order valence-electron chi connectivity index (χ3n) is 7.65. The van der Waals surface area contributed by atoms with Crippen molar-refractivity contribution >= 4 is 29.4 Å². The van der Waals surface area contributed by atoms with Crippen LogP contribution in [0.1, 0.15) is 34.3 Å². The Hall–Kier alpha value is -4.51. The van der Waals surface area contributed by atoms with E-state index in [1.165, 1.54) is 0 Å². The van der Waals surface area contributed by atoms with Gasteiger partial charge in [0.15, 0.2) is 5.54 Å². The molecule has 200 valence electrons. The molecule has 0 radical (unpaired) electrons. The number of hydrogen-bond acceptors (Lipinski definition) is 8. The third-order valence-corrected chi connectivity index (χ3v) is 7.65. The van der Waals surface area contributed by atoms with Crippen LogP contribution < -0.4 is 25.6 Å². The van der Waals surface area contributed by atoms with Crippen LogP contribution in [-0.4, -0.2) is 65.5 Å². The molecule has 1 atom stereocenters. The Labute approximate surface area is 225 Å². The van der Waals surface area contributed by atoms with Crippen LogP contribution in [0.2, 0.25) is 0 Å². The highest BCUT2D eigenvalue weighted by Gasteiger charge is 2.50. The van der Waals surface area contributed by atoms with Crippen molar-refractivity contribution in [3.63, 3.8) is 0 Å². The highest BCUT2D eigenvalue weighted by atomic mass is 16.5. The van der Waals surface area contributed by atoms with Gasteiger partial charge in [-0.25, -0.2) is 9.78 Å². The van der Waals surface area contributed by atoms with Crippen LogP contribution in [0.15, 0.2) is 61.1 Å². The summed E-state index contributed by atoms with van der Waals surface area (Å²) in [6.07, 6.45) is 7.06. The minimum Gasteiger partial charge on any atom is -0.497 e. The van der Waals surface area contributed by atoms with Crippen molar-refractivity contribution in [2.45, 2.75) is 31.0 Å². The number of carbonyl (C=O) groups is 3. The Morgan fingerprint density at radius 3 is 2.62 bits per heavy atom. The number of pyridine rings is 2. The Morgan fingerprint density at radius 1 is 1.10 bits per heavy atom. The van der Waals surface area contributed by atoms with E-state index in [2.05, 4.69) is 25.8 Å². The molecule has 3 aromatic rings. The standard InChI is InChI=1S/C28H29N7O4/c1-39-22-6-4-18-16-34(25(36)23(18)13-22)17-28(26(37)32-27(38)33-28)19-5-7-24(31-14-19)35(20-8-11-29-12-9-20)21-3-2-10-30-15-21/h2-7,10,13-15,20,29H,8-9,11-12,16-17H2,1H3,(H2,32,33,37,38)/t28-/m0/s1. The van der Waals surface area contributed by atoms with Crippen LogP contribution in [-0.2, 0) is 16.9 Å². The van der Waals surface area contributed by atoms with E-state index in [4.69, 9.17) is 9.72 Å². The van der Waals surface area contributed by atoms with Crippen LogP contribution in [0.25, 0.3) is 0 Å². The van der Waals surface area contributed by atoms with Gasteiger partial charge in [0.1, 0.15) is 11.6 Å². The fourth-order valence-electron chi connectivity index (χ4n) is 5.65. The molecule has 11 heteroatoms. The Balaban J connectivity index is 1.32.